The van der Waals surface area contributed by atoms with Gasteiger partial charge in [-0.3, -0.25) is 0 Å². The molecule has 0 aliphatic heterocycles. The second-order valence-corrected chi connectivity index (χ2v) is 13.9. The maximum atomic E-state index is 2.59. The highest BCUT2D eigenvalue weighted by atomic mass is 15.0. The van der Waals surface area contributed by atoms with Crippen LogP contribution in [0.5, 0.6) is 0 Å². The summed E-state index contributed by atoms with van der Waals surface area (Å²) >= 11 is 0. The van der Waals surface area contributed by atoms with Crippen LogP contribution in [0.3, 0.4) is 0 Å². The van der Waals surface area contributed by atoms with E-state index in [-0.39, 0.29) is 5.92 Å². The lowest BCUT2D eigenvalue weighted by Gasteiger charge is -2.22. The molecular formula is C48H38N2. The second-order valence-electron chi connectivity index (χ2n) is 13.9. The van der Waals surface area contributed by atoms with Crippen LogP contribution < -0.4 is 0 Å². The Balaban J connectivity index is 1.05. The number of benzene rings is 5. The summed E-state index contributed by atoms with van der Waals surface area (Å²) < 4.78 is 5.04. The van der Waals surface area contributed by atoms with Crippen molar-refractivity contribution in [2.75, 3.05) is 0 Å². The Bertz CT molecular complexity index is 2530. The molecule has 2 heterocycles. The molecule has 2 aromatic heterocycles. The molecular weight excluding hydrogens is 605 g/mol. The lowest BCUT2D eigenvalue weighted by atomic mass is 9.86. The van der Waals surface area contributed by atoms with Gasteiger partial charge in [0.15, 0.2) is 0 Å². The zero-order valence-electron chi connectivity index (χ0n) is 28.1. The lowest BCUT2D eigenvalue weighted by Crippen LogP contribution is -2.11. The molecule has 2 heteroatoms. The highest BCUT2D eigenvalue weighted by molar-refractivity contribution is 6.09. The van der Waals surface area contributed by atoms with Crippen LogP contribution in [-0.4, -0.2) is 9.13 Å². The van der Waals surface area contributed by atoms with Gasteiger partial charge in [0.1, 0.15) is 0 Å². The van der Waals surface area contributed by atoms with E-state index in [0.717, 1.165) is 32.1 Å². The van der Waals surface area contributed by atoms with Crippen LogP contribution in [0.2, 0.25) is 0 Å². The van der Waals surface area contributed by atoms with Crippen molar-refractivity contribution in [3.05, 3.63) is 185 Å². The Morgan fingerprint density at radius 1 is 0.520 bits per heavy atom. The van der Waals surface area contributed by atoms with Crippen LogP contribution >= 0.6 is 0 Å². The third-order valence-corrected chi connectivity index (χ3v) is 11.1. The molecule has 0 radical (unpaired) electrons. The number of hydrogen-bond donors (Lipinski definition) is 0. The summed E-state index contributed by atoms with van der Waals surface area (Å²) in [6.45, 7) is 0. The molecule has 50 heavy (non-hydrogen) atoms. The van der Waals surface area contributed by atoms with Gasteiger partial charge < -0.3 is 9.13 Å². The summed E-state index contributed by atoms with van der Waals surface area (Å²) in [5.41, 5.74) is 17.2. The topological polar surface area (TPSA) is 9.86 Å². The van der Waals surface area contributed by atoms with Crippen LogP contribution in [-0.2, 0) is 12.8 Å². The maximum absolute atomic E-state index is 2.59. The van der Waals surface area contributed by atoms with E-state index in [1.807, 2.05) is 0 Å². The van der Waals surface area contributed by atoms with Crippen molar-refractivity contribution in [1.29, 1.82) is 0 Å². The molecule has 5 aromatic carbocycles. The van der Waals surface area contributed by atoms with Crippen molar-refractivity contribution in [2.45, 2.75) is 38.0 Å². The fourth-order valence-corrected chi connectivity index (χ4v) is 8.58. The molecule has 1 unspecified atom stereocenters. The van der Waals surface area contributed by atoms with Gasteiger partial charge in [0.05, 0.1) is 11.0 Å². The summed E-state index contributed by atoms with van der Waals surface area (Å²) in [7, 11) is 0. The van der Waals surface area contributed by atoms with Gasteiger partial charge in [-0.25, -0.2) is 0 Å². The lowest BCUT2D eigenvalue weighted by molar-refractivity contribution is 0.757. The molecule has 240 valence electrons. The minimum atomic E-state index is 0.288. The standard InChI is InChI=1S/C48H38N2/c1-3-11-33(12-4-1)35-19-25-39(26-20-35)49-45-17-9-7-15-41(45)43-29-23-37(31-47(43)49)38-24-30-44-42-16-8-10-18-46(42)50(48(44)32-38)40-27-21-36(22-28-40)34-13-5-2-6-14-34/h1-5,7-9,11-13,15-17,19-31,38H,6,10,14,18,32H2. The van der Waals surface area contributed by atoms with Gasteiger partial charge in [-0.15, -0.1) is 0 Å². The summed E-state index contributed by atoms with van der Waals surface area (Å²) in [4.78, 5) is 0. The number of hydrogen-bond acceptors (Lipinski definition) is 0. The molecule has 0 N–H and O–H groups in total. The number of para-hydroxylation sites is 1. The highest BCUT2D eigenvalue weighted by Gasteiger charge is 2.27. The minimum Gasteiger partial charge on any atom is -0.317 e. The highest BCUT2D eigenvalue weighted by Crippen LogP contribution is 2.41. The molecule has 0 saturated carbocycles. The number of allylic oxidation sites excluding steroid dienone is 6. The number of fused-ring (bicyclic) bond motifs is 6. The van der Waals surface area contributed by atoms with E-state index in [1.165, 1.54) is 83.5 Å². The zero-order chi connectivity index (χ0) is 33.0. The minimum absolute atomic E-state index is 0.288. The van der Waals surface area contributed by atoms with Gasteiger partial charge in [0.25, 0.3) is 0 Å². The molecule has 1 atom stereocenters. The van der Waals surface area contributed by atoms with Gasteiger partial charge in [-0.2, -0.15) is 0 Å². The first-order valence-electron chi connectivity index (χ1n) is 18.1. The number of aromatic nitrogens is 2. The van der Waals surface area contributed by atoms with Gasteiger partial charge >= 0.3 is 0 Å². The van der Waals surface area contributed by atoms with Crippen LogP contribution in [0, 0.1) is 0 Å². The number of nitrogens with zero attached hydrogens (tertiary/aromatic N) is 2. The smallest absolute Gasteiger partial charge is 0.0544 e. The first-order valence-corrected chi connectivity index (χ1v) is 18.1. The van der Waals surface area contributed by atoms with Gasteiger partial charge in [0.2, 0.25) is 0 Å². The van der Waals surface area contributed by atoms with Gasteiger partial charge in [0, 0.05) is 50.6 Å². The van der Waals surface area contributed by atoms with Crippen molar-refractivity contribution in [3.8, 4) is 22.5 Å². The quantitative estimate of drug-likeness (QED) is 0.177. The fourth-order valence-electron chi connectivity index (χ4n) is 8.58. The maximum Gasteiger partial charge on any atom is 0.0544 e. The summed E-state index contributed by atoms with van der Waals surface area (Å²) in [6.07, 6.45) is 21.7. The van der Waals surface area contributed by atoms with Crippen LogP contribution in [0.25, 0.3) is 62.0 Å². The van der Waals surface area contributed by atoms with Crippen LogP contribution in [0.15, 0.2) is 152 Å². The largest absolute Gasteiger partial charge is 0.317 e. The third-order valence-electron chi connectivity index (χ3n) is 11.1. The Morgan fingerprint density at radius 2 is 1.22 bits per heavy atom. The van der Waals surface area contributed by atoms with Crippen molar-refractivity contribution in [1.82, 2.24) is 9.13 Å². The van der Waals surface area contributed by atoms with E-state index >= 15 is 0 Å². The van der Waals surface area contributed by atoms with Crippen molar-refractivity contribution >= 4 is 39.5 Å². The van der Waals surface area contributed by atoms with Gasteiger partial charge in [-0.1, -0.05) is 127 Å². The molecule has 3 aliphatic carbocycles. The molecule has 0 saturated heterocycles. The Morgan fingerprint density at radius 3 is 2.04 bits per heavy atom. The van der Waals surface area contributed by atoms with E-state index in [1.54, 1.807) is 0 Å². The fraction of sp³-hybridized carbons (Fsp3) is 0.125. The molecule has 3 aliphatic rings. The summed E-state index contributed by atoms with van der Waals surface area (Å²) in [6, 6.07) is 45.0. The average molecular weight is 643 g/mol. The van der Waals surface area contributed by atoms with Crippen molar-refractivity contribution < 1.29 is 0 Å². The summed E-state index contributed by atoms with van der Waals surface area (Å²) in [5.74, 6) is 0.288. The average Bonchev–Trinajstić information content (AvgIpc) is 3.71. The first kappa shape index (κ1) is 29.1. The molecule has 0 spiro atoms. The predicted molar refractivity (Wildman–Crippen MR) is 211 cm³/mol. The normalized spacial score (nSPS) is 16.5. The monoisotopic (exact) mass is 642 g/mol. The third kappa shape index (κ3) is 4.78. The van der Waals surface area contributed by atoms with E-state index in [9.17, 15) is 0 Å². The first-order chi connectivity index (χ1) is 24.8. The second kappa shape index (κ2) is 11.9. The van der Waals surface area contributed by atoms with Crippen LogP contribution in [0.4, 0.5) is 0 Å². The van der Waals surface area contributed by atoms with E-state index in [2.05, 4.69) is 173 Å². The molecule has 0 bridgehead atoms. The Kier molecular flexibility index (Phi) is 6.94. The van der Waals surface area contributed by atoms with Crippen molar-refractivity contribution in [3.63, 3.8) is 0 Å². The SMILES string of the molecule is C1=CCCC(c2ccc(-n3c4c(c5c3CC(c3ccc6c7ccccc7n(-c7ccc(-c8ccccc8)cc7)c6c3)C=C5)C=CCC4)cc2)=C1. The summed E-state index contributed by atoms with van der Waals surface area (Å²) in [5, 5.41) is 2.59. The Hall–Kier alpha value is -5.86. The van der Waals surface area contributed by atoms with Crippen molar-refractivity contribution in [2.24, 2.45) is 0 Å². The van der Waals surface area contributed by atoms with E-state index < -0.39 is 0 Å². The zero-order valence-corrected chi connectivity index (χ0v) is 28.1. The van der Waals surface area contributed by atoms with Crippen LogP contribution in [0.1, 0.15) is 58.8 Å². The molecule has 0 amide bonds. The van der Waals surface area contributed by atoms with E-state index in [0.29, 0.717) is 0 Å². The Labute approximate surface area is 293 Å². The molecule has 10 rings (SSSR count). The van der Waals surface area contributed by atoms with Gasteiger partial charge in [-0.05, 0) is 96.3 Å². The van der Waals surface area contributed by atoms with E-state index in [4.69, 9.17) is 0 Å². The number of rotatable bonds is 5. The predicted octanol–water partition coefficient (Wildman–Crippen LogP) is 12.3. The molecule has 7 aromatic rings. The molecule has 0 fully saturated rings. The molecule has 2 nitrogen and oxygen atoms in total.